The highest BCUT2D eigenvalue weighted by Crippen LogP contribution is 2.59. The zero-order valence-corrected chi connectivity index (χ0v) is 51.1. The van der Waals surface area contributed by atoms with Crippen LogP contribution in [0.2, 0.25) is 0 Å². The number of carbonyl (C=O) groups is 9. The van der Waals surface area contributed by atoms with Crippen LogP contribution in [0.3, 0.4) is 0 Å². The fourth-order valence-electron chi connectivity index (χ4n) is 12.4. The van der Waals surface area contributed by atoms with Gasteiger partial charge in [0.15, 0.2) is 0 Å². The van der Waals surface area contributed by atoms with Crippen LogP contribution in [0.1, 0.15) is 139 Å². The fraction of sp³-hybridized carbons (Fsp3) is 0.500. The van der Waals surface area contributed by atoms with Gasteiger partial charge in [0.05, 0.1) is 11.4 Å². The van der Waals surface area contributed by atoms with Crippen LogP contribution >= 0.6 is 18.9 Å². The van der Waals surface area contributed by atoms with Crippen molar-refractivity contribution in [3.05, 3.63) is 105 Å². The number of rotatable bonds is 19. The Kier molecular flexibility index (Phi) is 20.2. The van der Waals surface area contributed by atoms with Gasteiger partial charge in [0.1, 0.15) is 30.2 Å². The first-order valence-electron chi connectivity index (χ1n) is 29.7. The monoisotopic (exact) mass is 1270 g/mol. The van der Waals surface area contributed by atoms with Crippen LogP contribution in [0, 0.1) is 17.8 Å². The Balaban J connectivity index is 0.875. The molecular weight excluding hydrogens is 1200 g/mol. The van der Waals surface area contributed by atoms with Crippen molar-refractivity contribution in [2.24, 2.45) is 11.7 Å². The first-order valence-corrected chi connectivity index (χ1v) is 32.1. The normalized spacial score (nSPS) is 21.1. The number of imide groups is 1. The van der Waals surface area contributed by atoms with Crippen molar-refractivity contribution >= 4 is 82.2 Å². The number of carbonyl (C=O) groups excluding carboxylic acids is 9. The van der Waals surface area contributed by atoms with Gasteiger partial charge < -0.3 is 46.2 Å². The van der Waals surface area contributed by atoms with Gasteiger partial charge in [0, 0.05) is 85.8 Å². The highest BCUT2D eigenvalue weighted by Gasteiger charge is 2.51. The number of fused-ring (bicyclic) bond motifs is 3. The van der Waals surface area contributed by atoms with Gasteiger partial charge in [-0.3, -0.25) is 57.9 Å². The van der Waals surface area contributed by atoms with E-state index in [1.54, 1.807) is 17.0 Å². The van der Waals surface area contributed by atoms with Gasteiger partial charge in [0.2, 0.25) is 41.4 Å². The molecule has 0 saturated carbocycles. The summed E-state index contributed by atoms with van der Waals surface area (Å²) in [6.07, 6.45) is -0.101. The number of benzene rings is 3. The number of thiophene rings is 1. The van der Waals surface area contributed by atoms with Crippen molar-refractivity contribution in [2.45, 2.75) is 158 Å². The van der Waals surface area contributed by atoms with Crippen LogP contribution in [0.25, 0.3) is 10.1 Å². The van der Waals surface area contributed by atoms with Gasteiger partial charge in [-0.1, -0.05) is 69.0 Å². The molecule has 3 aromatic carbocycles. The van der Waals surface area contributed by atoms with E-state index in [4.69, 9.17) is 5.73 Å². The Hall–Kier alpha value is -7.56. The lowest BCUT2D eigenvalue weighted by Crippen LogP contribution is -2.62. The topological polar surface area (TPSA) is 298 Å². The summed E-state index contributed by atoms with van der Waals surface area (Å²) in [6.45, 7) is 5.95. The van der Waals surface area contributed by atoms with E-state index in [0.29, 0.717) is 43.5 Å². The summed E-state index contributed by atoms with van der Waals surface area (Å²) in [5, 5.41) is 10.5. The second kappa shape index (κ2) is 27.3. The summed E-state index contributed by atoms with van der Waals surface area (Å²) in [4.78, 5) is 147. The Morgan fingerprint density at radius 2 is 1.60 bits per heavy atom. The highest BCUT2D eigenvalue weighted by atomic mass is 32.1. The molecule has 6 heterocycles. The zero-order chi connectivity index (χ0) is 64.3. The number of likely N-dealkylation sites (tertiary alicyclic amines) is 1. The van der Waals surface area contributed by atoms with Crippen molar-refractivity contribution in [3.63, 3.8) is 0 Å². The summed E-state index contributed by atoms with van der Waals surface area (Å²) in [5.74, 6) is 1.02. The molecule has 9 amide bonds. The SMILES string of the molecule is CC(C)(C)c1ccc(CC(NC(=O)C(CCC(N)=O)NC(=O)[C@@H]2CC[C@@H]3CCN(CC(F)F)C[C@H](NC(=O)c4cc5cc(C(F)(F)P(=O)(O)O)ccc5s4)C(=O)N32)C(=O)N2CCC(CCC#Cc3cccc4c3CN(C3CCC(=O)NC3=O)C4=O)CC2)cc1. The van der Waals surface area contributed by atoms with E-state index in [-0.39, 0.29) is 108 Å². The molecule has 4 fully saturated rings. The van der Waals surface area contributed by atoms with Crippen LogP contribution in [-0.2, 0) is 62.2 Å². The first kappa shape index (κ1) is 65.9. The molecule has 4 saturated heterocycles. The van der Waals surface area contributed by atoms with E-state index in [1.807, 2.05) is 30.3 Å². The lowest BCUT2D eigenvalue weighted by molar-refractivity contribution is -0.144. The molecule has 1 aromatic heterocycles. The largest absolute Gasteiger partial charge is 0.399 e. The molecule has 0 radical (unpaired) electrons. The number of hydrogen-bond donors (Lipinski definition) is 7. The van der Waals surface area contributed by atoms with Crippen molar-refractivity contribution in [2.75, 3.05) is 32.7 Å². The van der Waals surface area contributed by atoms with Crippen LogP contribution in [0.5, 0.6) is 0 Å². The molecular formula is C62H72F4N9O12PS. The molecule has 27 heteroatoms. The molecule has 0 bridgehead atoms. The van der Waals surface area contributed by atoms with Gasteiger partial charge in [-0.05, 0) is 115 Å². The minimum atomic E-state index is -5.94. The second-order valence-corrected chi connectivity index (χ2v) is 27.3. The van der Waals surface area contributed by atoms with E-state index in [0.717, 1.165) is 52.6 Å². The summed E-state index contributed by atoms with van der Waals surface area (Å²) < 4.78 is 69.0. The van der Waals surface area contributed by atoms with Crippen molar-refractivity contribution < 1.29 is 75.1 Å². The maximum atomic E-state index is 14.8. The molecule has 5 aliphatic rings. The highest BCUT2D eigenvalue weighted by molar-refractivity contribution is 7.52. The maximum absolute atomic E-state index is 14.8. The van der Waals surface area contributed by atoms with Crippen LogP contribution in [-0.4, -0.2) is 158 Å². The smallest absolute Gasteiger partial charge is 0.370 e. The standard InChI is InChI=1S/C62H72F4N9O12PS/c1-61(2,3)39-13-11-36(12-14-39)29-45(59(83)73-27-23-35(24-28-73)7-4-5-8-37-9-6-10-42-43(37)32-74(58(42)82)47-19-22-53(77)71-55(47)79)69-54(78)44(17-21-52(67)76)68-56(80)48-18-16-41-25-26-72(34-51(63)64)33-46(60(84)75(41)48)70-57(81)50-31-38-30-40(15-20-49(38)89-50)62(65,66)88(85,86)87/h6,9-15,20,30-31,35,41,44-48,51H,4,7,16-19,21-29,32-34H2,1-3H3,(H2,67,76)(H,68,80)(H,69,78)(H,70,81)(H,71,77,79)(H2,85,86,87)/t41-,44?,45?,46+,47?,48+/m1/s1. The van der Waals surface area contributed by atoms with Gasteiger partial charge >= 0.3 is 13.3 Å². The number of halogens is 4. The molecule has 0 spiro atoms. The van der Waals surface area contributed by atoms with Gasteiger partial charge in [-0.25, -0.2) is 8.78 Å². The number of nitrogens with two attached hydrogens (primary N) is 1. The summed E-state index contributed by atoms with van der Waals surface area (Å²) in [7, 11) is -5.94. The average Bonchev–Trinajstić information content (AvgIpc) is 1.77. The molecule has 4 aromatic rings. The molecule has 6 atom stereocenters. The van der Waals surface area contributed by atoms with Crippen molar-refractivity contribution in [3.8, 4) is 11.8 Å². The third-order valence-corrected chi connectivity index (χ3v) is 19.4. The summed E-state index contributed by atoms with van der Waals surface area (Å²) in [6, 6.07) is 10.0. The van der Waals surface area contributed by atoms with Crippen molar-refractivity contribution in [1.29, 1.82) is 0 Å². The minimum Gasteiger partial charge on any atom is -0.370 e. The van der Waals surface area contributed by atoms with E-state index >= 15 is 0 Å². The molecule has 89 heavy (non-hydrogen) atoms. The maximum Gasteiger partial charge on any atom is 0.399 e. The molecule has 3 unspecified atom stereocenters. The number of piperidine rings is 2. The number of nitrogens with zero attached hydrogens (tertiary/aromatic N) is 4. The molecule has 5 aliphatic heterocycles. The third kappa shape index (κ3) is 15.4. The van der Waals surface area contributed by atoms with E-state index in [1.165, 1.54) is 20.8 Å². The molecule has 476 valence electrons. The van der Waals surface area contributed by atoms with Gasteiger partial charge in [-0.15, -0.1) is 11.3 Å². The predicted molar refractivity (Wildman–Crippen MR) is 319 cm³/mol. The Morgan fingerprint density at radius 3 is 2.27 bits per heavy atom. The average molecular weight is 1270 g/mol. The Bertz CT molecular complexity index is 3540. The first-order chi connectivity index (χ1) is 42.1. The zero-order valence-electron chi connectivity index (χ0n) is 49.4. The lowest BCUT2D eigenvalue weighted by atomic mass is 9.86. The molecule has 21 nitrogen and oxygen atoms in total. The molecule has 9 rings (SSSR count). The van der Waals surface area contributed by atoms with Crippen LogP contribution in [0.4, 0.5) is 17.6 Å². The fourth-order valence-corrected chi connectivity index (χ4v) is 13.8. The van der Waals surface area contributed by atoms with Crippen LogP contribution in [0.15, 0.2) is 66.7 Å². The summed E-state index contributed by atoms with van der Waals surface area (Å²) in [5.41, 5.74) is 3.48. The van der Waals surface area contributed by atoms with E-state index in [2.05, 4.69) is 53.9 Å². The van der Waals surface area contributed by atoms with Crippen molar-refractivity contribution in [1.82, 2.24) is 40.9 Å². The molecule has 8 N–H and O–H groups in total. The number of nitrogens with one attached hydrogen (secondary N) is 4. The van der Waals surface area contributed by atoms with E-state index in [9.17, 15) is 75.1 Å². The number of primary amides is 1. The number of hydrogen-bond acceptors (Lipinski definition) is 12. The Morgan fingerprint density at radius 1 is 0.876 bits per heavy atom. The van der Waals surface area contributed by atoms with Crippen LogP contribution < -0.4 is 27.0 Å². The lowest BCUT2D eigenvalue weighted by Gasteiger charge is -2.38. The van der Waals surface area contributed by atoms with Gasteiger partial charge in [0.25, 0.3) is 18.2 Å². The summed E-state index contributed by atoms with van der Waals surface area (Å²) >= 11 is 0.814. The quantitative estimate of drug-likeness (QED) is 0.0277. The number of alkyl halides is 4. The van der Waals surface area contributed by atoms with Gasteiger partial charge in [-0.2, -0.15) is 8.78 Å². The molecule has 0 aliphatic carbocycles. The predicted octanol–water partition coefficient (Wildman–Crippen LogP) is 5.16. The van der Waals surface area contributed by atoms with E-state index < -0.39 is 110 Å². The second-order valence-electron chi connectivity index (χ2n) is 24.5. The third-order valence-electron chi connectivity index (χ3n) is 17.3. The minimum absolute atomic E-state index is 0.0281. The Labute approximate surface area is 515 Å². The number of amides is 9.